The zero-order valence-corrected chi connectivity index (χ0v) is 10.7. The molecule has 1 aliphatic carbocycles. The lowest BCUT2D eigenvalue weighted by molar-refractivity contribution is -0.112. The van der Waals surface area contributed by atoms with Crippen molar-refractivity contribution in [3.05, 3.63) is 41.0 Å². The van der Waals surface area contributed by atoms with E-state index in [1.54, 1.807) is 24.3 Å². The summed E-state index contributed by atoms with van der Waals surface area (Å²) >= 11 is 0. The molecule has 0 amide bonds. The number of Topliss-reactive ketones (excluding diaryl/α,β-unsaturated/α-hetero) is 2. The molecule has 1 aliphatic rings. The lowest BCUT2D eigenvalue weighted by Crippen LogP contribution is -2.24. The van der Waals surface area contributed by atoms with Crippen LogP contribution in [0.25, 0.3) is 5.76 Å². The van der Waals surface area contributed by atoms with Crippen molar-refractivity contribution < 1.29 is 19.8 Å². The maximum Gasteiger partial charge on any atom is 0.234 e. The van der Waals surface area contributed by atoms with Crippen LogP contribution >= 0.6 is 0 Å². The molecule has 0 heterocycles. The fraction of sp³-hybridized carbons (Fsp3) is 0.333. The molecular formula is C15H16O4. The van der Waals surface area contributed by atoms with Gasteiger partial charge < -0.3 is 10.2 Å². The molecule has 2 N–H and O–H groups in total. The highest BCUT2D eigenvalue weighted by Gasteiger charge is 2.32. The van der Waals surface area contributed by atoms with E-state index in [1.807, 2.05) is 6.92 Å². The minimum Gasteiger partial charge on any atom is -0.507 e. The second-order valence-corrected chi connectivity index (χ2v) is 4.86. The number of hydrogen-bond donors (Lipinski definition) is 2. The Morgan fingerprint density at radius 1 is 1.11 bits per heavy atom. The predicted molar refractivity (Wildman–Crippen MR) is 70.8 cm³/mol. The zero-order valence-electron chi connectivity index (χ0n) is 10.7. The topological polar surface area (TPSA) is 74.6 Å². The molecule has 100 valence electrons. The van der Waals surface area contributed by atoms with Crippen LogP contribution in [0, 0.1) is 5.92 Å². The fourth-order valence-electron chi connectivity index (χ4n) is 2.13. The minimum absolute atomic E-state index is 0.0206. The molecule has 0 radical (unpaired) electrons. The Kier molecular flexibility index (Phi) is 3.81. The average molecular weight is 260 g/mol. The molecule has 0 spiro atoms. The summed E-state index contributed by atoms with van der Waals surface area (Å²) in [7, 11) is 0. The monoisotopic (exact) mass is 260 g/mol. The molecule has 0 aliphatic heterocycles. The normalized spacial score (nSPS) is 16.5. The number of carbonyl (C=O) groups excluding carboxylic acids is 2. The van der Waals surface area contributed by atoms with Crippen LogP contribution in [0.3, 0.4) is 0 Å². The highest BCUT2D eigenvalue weighted by atomic mass is 16.3. The van der Waals surface area contributed by atoms with Gasteiger partial charge in [-0.05, 0) is 18.8 Å². The third-order valence-electron chi connectivity index (χ3n) is 3.39. The Labute approximate surface area is 111 Å². The smallest absolute Gasteiger partial charge is 0.234 e. The van der Waals surface area contributed by atoms with Gasteiger partial charge in [-0.3, -0.25) is 9.59 Å². The van der Waals surface area contributed by atoms with Crippen LogP contribution in [0.2, 0.25) is 0 Å². The third kappa shape index (κ3) is 2.44. The van der Waals surface area contributed by atoms with Gasteiger partial charge in [-0.1, -0.05) is 31.2 Å². The van der Waals surface area contributed by atoms with Crippen LogP contribution in [0.1, 0.15) is 35.7 Å². The second-order valence-electron chi connectivity index (χ2n) is 4.86. The molecular weight excluding hydrogens is 244 g/mol. The van der Waals surface area contributed by atoms with E-state index in [9.17, 15) is 14.7 Å². The van der Waals surface area contributed by atoms with Crippen LogP contribution in [0.15, 0.2) is 29.8 Å². The van der Waals surface area contributed by atoms with Crippen LogP contribution in [0.5, 0.6) is 0 Å². The number of fused-ring (bicyclic) bond motifs is 1. The van der Waals surface area contributed by atoms with Crippen LogP contribution < -0.4 is 0 Å². The van der Waals surface area contributed by atoms with E-state index in [0.717, 1.165) is 0 Å². The van der Waals surface area contributed by atoms with Crippen molar-refractivity contribution in [1.29, 1.82) is 0 Å². The number of rotatable bonds is 4. The molecule has 1 aromatic rings. The van der Waals surface area contributed by atoms with Gasteiger partial charge in [-0.25, -0.2) is 0 Å². The quantitative estimate of drug-likeness (QED) is 0.813. The van der Waals surface area contributed by atoms with Gasteiger partial charge in [0.05, 0.1) is 0 Å². The standard InChI is InChI=1S/C15H16O4/c1-9(8-16)6-7-12-13(17)10-4-2-3-5-11(10)14(18)15(12)19/h2-5,9,16-17H,6-8H2,1H3. The second kappa shape index (κ2) is 5.36. The van der Waals surface area contributed by atoms with Crippen molar-refractivity contribution in [2.75, 3.05) is 6.61 Å². The van der Waals surface area contributed by atoms with Gasteiger partial charge in [0, 0.05) is 23.3 Å². The Bertz CT molecular complexity index is 557. The average Bonchev–Trinajstić information content (AvgIpc) is 2.44. The van der Waals surface area contributed by atoms with Crippen molar-refractivity contribution in [2.45, 2.75) is 19.8 Å². The molecule has 0 saturated heterocycles. The van der Waals surface area contributed by atoms with E-state index in [2.05, 4.69) is 0 Å². The largest absolute Gasteiger partial charge is 0.507 e. The van der Waals surface area contributed by atoms with Gasteiger partial charge in [-0.2, -0.15) is 0 Å². The van der Waals surface area contributed by atoms with Crippen molar-refractivity contribution in [3.63, 3.8) is 0 Å². The van der Waals surface area contributed by atoms with E-state index < -0.39 is 11.6 Å². The number of carbonyl (C=O) groups is 2. The first kappa shape index (κ1) is 13.5. The lowest BCUT2D eigenvalue weighted by Gasteiger charge is -2.18. The summed E-state index contributed by atoms with van der Waals surface area (Å²) in [6.45, 7) is 1.87. The molecule has 0 saturated carbocycles. The molecule has 0 bridgehead atoms. The molecule has 0 fully saturated rings. The van der Waals surface area contributed by atoms with Crippen LogP contribution in [0.4, 0.5) is 0 Å². The van der Waals surface area contributed by atoms with Crippen molar-refractivity contribution in [2.24, 2.45) is 5.92 Å². The summed E-state index contributed by atoms with van der Waals surface area (Å²) in [6, 6.07) is 6.55. The molecule has 2 rings (SSSR count). The highest BCUT2D eigenvalue weighted by molar-refractivity contribution is 6.52. The zero-order chi connectivity index (χ0) is 14.0. The Morgan fingerprint density at radius 3 is 2.37 bits per heavy atom. The van der Waals surface area contributed by atoms with E-state index in [1.165, 1.54) is 0 Å². The first-order chi connectivity index (χ1) is 9.06. The number of allylic oxidation sites excluding steroid dienone is 1. The summed E-state index contributed by atoms with van der Waals surface area (Å²) in [4.78, 5) is 23.9. The summed E-state index contributed by atoms with van der Waals surface area (Å²) in [6.07, 6.45) is 0.851. The van der Waals surface area contributed by atoms with E-state index in [4.69, 9.17) is 5.11 Å². The molecule has 1 unspecified atom stereocenters. The number of benzene rings is 1. The Hall–Kier alpha value is -1.94. The van der Waals surface area contributed by atoms with Crippen molar-refractivity contribution >= 4 is 17.3 Å². The highest BCUT2D eigenvalue weighted by Crippen LogP contribution is 2.30. The first-order valence-corrected chi connectivity index (χ1v) is 6.27. The number of aliphatic hydroxyl groups excluding tert-OH is 2. The van der Waals surface area contributed by atoms with Gasteiger partial charge in [0.25, 0.3) is 0 Å². The van der Waals surface area contributed by atoms with E-state index >= 15 is 0 Å². The number of ketones is 2. The van der Waals surface area contributed by atoms with Gasteiger partial charge in [0.2, 0.25) is 11.6 Å². The molecule has 19 heavy (non-hydrogen) atoms. The Morgan fingerprint density at radius 2 is 1.74 bits per heavy atom. The number of hydrogen-bond acceptors (Lipinski definition) is 4. The predicted octanol–water partition coefficient (Wildman–Crippen LogP) is 2.13. The summed E-state index contributed by atoms with van der Waals surface area (Å²) < 4.78 is 0. The molecule has 1 atom stereocenters. The maximum atomic E-state index is 12.0. The SMILES string of the molecule is CC(CO)CCC1=C(O)c2ccccc2C(=O)C1=O. The Balaban J connectivity index is 2.37. The van der Waals surface area contributed by atoms with Gasteiger partial charge in [-0.15, -0.1) is 0 Å². The first-order valence-electron chi connectivity index (χ1n) is 6.27. The molecule has 4 nitrogen and oxygen atoms in total. The van der Waals surface area contributed by atoms with Crippen molar-refractivity contribution in [3.8, 4) is 0 Å². The summed E-state index contributed by atoms with van der Waals surface area (Å²) in [5, 5.41) is 19.1. The third-order valence-corrected chi connectivity index (χ3v) is 3.39. The summed E-state index contributed by atoms with van der Waals surface area (Å²) in [5.74, 6) is -1.29. The maximum absolute atomic E-state index is 12.0. The molecule has 0 aromatic heterocycles. The summed E-state index contributed by atoms with van der Waals surface area (Å²) in [5.41, 5.74) is 0.826. The van der Waals surface area contributed by atoms with Gasteiger partial charge in [0.1, 0.15) is 5.76 Å². The fourth-order valence-corrected chi connectivity index (χ4v) is 2.13. The minimum atomic E-state index is -0.638. The van der Waals surface area contributed by atoms with Crippen molar-refractivity contribution in [1.82, 2.24) is 0 Å². The van der Waals surface area contributed by atoms with Gasteiger partial charge >= 0.3 is 0 Å². The van der Waals surface area contributed by atoms with Crippen LogP contribution in [-0.2, 0) is 4.79 Å². The molecule has 4 heteroatoms. The van der Waals surface area contributed by atoms with Gasteiger partial charge in [0.15, 0.2) is 0 Å². The van der Waals surface area contributed by atoms with E-state index in [0.29, 0.717) is 18.4 Å². The van der Waals surface area contributed by atoms with Crippen LogP contribution in [-0.4, -0.2) is 28.4 Å². The lowest BCUT2D eigenvalue weighted by atomic mass is 9.85. The number of aliphatic hydroxyl groups is 2. The molecule has 1 aromatic carbocycles. The van der Waals surface area contributed by atoms with E-state index in [-0.39, 0.29) is 29.4 Å².